The van der Waals surface area contributed by atoms with Crippen molar-refractivity contribution in [1.29, 1.82) is 0 Å². The smallest absolute Gasteiger partial charge is 0.188 e. The molecule has 1 atom stereocenters. The third kappa shape index (κ3) is 3.55. The van der Waals surface area contributed by atoms with Gasteiger partial charge in [0.25, 0.3) is 0 Å². The van der Waals surface area contributed by atoms with E-state index < -0.39 is 0 Å². The molecule has 3 rings (SSSR count). The van der Waals surface area contributed by atoms with Crippen LogP contribution >= 0.6 is 11.6 Å². The van der Waals surface area contributed by atoms with Crippen molar-refractivity contribution in [2.24, 2.45) is 10.7 Å². The zero-order valence-electron chi connectivity index (χ0n) is 12.9. The van der Waals surface area contributed by atoms with Crippen LogP contribution in [0.1, 0.15) is 37.7 Å². The van der Waals surface area contributed by atoms with E-state index in [0.717, 1.165) is 50.4 Å². The largest absolute Gasteiger partial charge is 0.376 e. The minimum Gasteiger partial charge on any atom is -0.376 e. The predicted molar refractivity (Wildman–Crippen MR) is 90.4 cm³/mol. The molecule has 22 heavy (non-hydrogen) atoms. The first-order valence-electron chi connectivity index (χ1n) is 8.09. The lowest BCUT2D eigenvalue weighted by Gasteiger charge is -2.41. The molecule has 0 radical (unpaired) electrons. The van der Waals surface area contributed by atoms with Crippen LogP contribution in [-0.4, -0.2) is 31.8 Å². The Hall–Kier alpha value is -1.26. The van der Waals surface area contributed by atoms with Crippen LogP contribution in [0.2, 0.25) is 5.02 Å². The first kappa shape index (κ1) is 15.6. The predicted octanol–water partition coefficient (Wildman–Crippen LogP) is 2.85. The zero-order valence-corrected chi connectivity index (χ0v) is 13.6. The van der Waals surface area contributed by atoms with Gasteiger partial charge in [-0.25, -0.2) is 0 Å². The number of ether oxygens (including phenoxy) is 1. The Morgan fingerprint density at radius 1 is 1.32 bits per heavy atom. The summed E-state index contributed by atoms with van der Waals surface area (Å²) in [6, 6.07) is 8.15. The summed E-state index contributed by atoms with van der Waals surface area (Å²) in [5.74, 6) is 0.524. The van der Waals surface area contributed by atoms with Crippen LogP contribution in [0.25, 0.3) is 0 Å². The maximum Gasteiger partial charge on any atom is 0.188 e. The number of rotatable bonds is 5. The summed E-state index contributed by atoms with van der Waals surface area (Å²) in [6.07, 6.45) is 6.11. The normalized spacial score (nSPS) is 24.0. The lowest BCUT2D eigenvalue weighted by atomic mass is 9.64. The molecule has 1 saturated carbocycles. The number of benzene rings is 1. The molecule has 1 aliphatic heterocycles. The molecule has 0 aromatic heterocycles. The highest BCUT2D eigenvalue weighted by Crippen LogP contribution is 2.44. The van der Waals surface area contributed by atoms with Gasteiger partial charge in [0.2, 0.25) is 0 Å². The van der Waals surface area contributed by atoms with Gasteiger partial charge in [-0.05, 0) is 43.4 Å². The first-order chi connectivity index (χ1) is 10.7. The highest BCUT2D eigenvalue weighted by atomic mass is 35.5. The molecule has 1 aliphatic carbocycles. The van der Waals surface area contributed by atoms with Gasteiger partial charge in [-0.1, -0.05) is 30.2 Å². The van der Waals surface area contributed by atoms with Crippen LogP contribution < -0.4 is 11.1 Å². The van der Waals surface area contributed by atoms with Crippen molar-refractivity contribution in [2.75, 3.05) is 19.7 Å². The molecular formula is C17H24ClN3O. The number of nitrogens with two attached hydrogens (primary N) is 1. The van der Waals surface area contributed by atoms with Crippen LogP contribution in [0, 0.1) is 0 Å². The third-order valence-electron chi connectivity index (χ3n) is 4.85. The van der Waals surface area contributed by atoms with E-state index in [1.807, 2.05) is 12.1 Å². The van der Waals surface area contributed by atoms with Gasteiger partial charge in [0.15, 0.2) is 5.96 Å². The molecule has 4 nitrogen and oxygen atoms in total. The summed E-state index contributed by atoms with van der Waals surface area (Å²) < 4.78 is 5.58. The van der Waals surface area contributed by atoms with Gasteiger partial charge < -0.3 is 15.8 Å². The van der Waals surface area contributed by atoms with Crippen molar-refractivity contribution < 1.29 is 4.74 Å². The summed E-state index contributed by atoms with van der Waals surface area (Å²) in [4.78, 5) is 4.57. The number of aliphatic imine (C=N–C) groups is 1. The van der Waals surface area contributed by atoms with Crippen molar-refractivity contribution in [1.82, 2.24) is 5.32 Å². The fourth-order valence-corrected chi connectivity index (χ4v) is 3.39. The van der Waals surface area contributed by atoms with Crippen molar-refractivity contribution in [3.05, 3.63) is 34.9 Å². The Labute approximate surface area is 137 Å². The molecule has 1 unspecified atom stereocenters. The van der Waals surface area contributed by atoms with E-state index in [0.29, 0.717) is 5.96 Å². The van der Waals surface area contributed by atoms with Crippen LogP contribution in [-0.2, 0) is 10.2 Å². The van der Waals surface area contributed by atoms with Crippen molar-refractivity contribution >= 4 is 17.6 Å². The van der Waals surface area contributed by atoms with Crippen molar-refractivity contribution in [2.45, 2.75) is 43.6 Å². The van der Waals surface area contributed by atoms with Gasteiger partial charge in [-0.2, -0.15) is 0 Å². The number of halogens is 1. The maximum atomic E-state index is 6.00. The molecule has 1 aromatic carbocycles. The summed E-state index contributed by atoms with van der Waals surface area (Å²) in [7, 11) is 0. The topological polar surface area (TPSA) is 59.6 Å². The second-order valence-electron chi connectivity index (χ2n) is 6.36. The monoisotopic (exact) mass is 321 g/mol. The quantitative estimate of drug-likeness (QED) is 0.647. The van der Waals surface area contributed by atoms with Crippen molar-refractivity contribution in [3.8, 4) is 0 Å². The van der Waals surface area contributed by atoms with E-state index in [2.05, 4.69) is 22.4 Å². The lowest BCUT2D eigenvalue weighted by Crippen LogP contribution is -2.41. The Kier molecular flexibility index (Phi) is 4.89. The van der Waals surface area contributed by atoms with E-state index in [1.54, 1.807) is 0 Å². The average Bonchev–Trinajstić information content (AvgIpc) is 2.99. The van der Waals surface area contributed by atoms with E-state index in [-0.39, 0.29) is 11.5 Å². The second kappa shape index (κ2) is 6.88. The van der Waals surface area contributed by atoms with Crippen LogP contribution in [0.5, 0.6) is 0 Å². The van der Waals surface area contributed by atoms with Gasteiger partial charge >= 0.3 is 0 Å². The van der Waals surface area contributed by atoms with Crippen molar-refractivity contribution in [3.63, 3.8) is 0 Å². The Bertz CT molecular complexity index is 519. The molecule has 0 spiro atoms. The molecule has 120 valence electrons. The molecule has 0 bridgehead atoms. The van der Waals surface area contributed by atoms with Gasteiger partial charge in [0.05, 0.1) is 12.6 Å². The Morgan fingerprint density at radius 2 is 2.09 bits per heavy atom. The lowest BCUT2D eigenvalue weighted by molar-refractivity contribution is 0.114. The molecule has 2 fully saturated rings. The minimum atomic E-state index is 0.140. The fraction of sp³-hybridized carbons (Fsp3) is 0.588. The highest BCUT2D eigenvalue weighted by Gasteiger charge is 2.38. The fourth-order valence-electron chi connectivity index (χ4n) is 3.26. The first-order valence-corrected chi connectivity index (χ1v) is 8.47. The summed E-state index contributed by atoms with van der Waals surface area (Å²) in [5, 5.41) is 3.96. The number of hydrogen-bond donors (Lipinski definition) is 2. The molecule has 2 aliphatic rings. The molecule has 0 amide bonds. The Morgan fingerprint density at radius 3 is 2.68 bits per heavy atom. The van der Waals surface area contributed by atoms with Crippen LogP contribution in [0.3, 0.4) is 0 Å². The Balaban J connectivity index is 1.57. The summed E-state index contributed by atoms with van der Waals surface area (Å²) in [6.45, 7) is 2.35. The molecule has 3 N–H and O–H groups in total. The number of nitrogens with zero attached hydrogens (tertiary/aromatic N) is 1. The number of guanidine groups is 1. The summed E-state index contributed by atoms with van der Waals surface area (Å²) in [5.41, 5.74) is 7.46. The molecule has 1 aromatic rings. The standard InChI is InChI=1S/C17H24ClN3O/c18-14-6-4-13(5-7-14)17(8-2-9-17)12-21-16(19)20-11-15-3-1-10-22-15/h4-7,15H,1-3,8-12H2,(H3,19,20,21). The van der Waals surface area contributed by atoms with E-state index in [4.69, 9.17) is 22.1 Å². The second-order valence-corrected chi connectivity index (χ2v) is 6.79. The number of nitrogens with one attached hydrogen (secondary N) is 1. The average molecular weight is 322 g/mol. The third-order valence-corrected chi connectivity index (χ3v) is 5.11. The van der Waals surface area contributed by atoms with Crippen LogP contribution in [0.15, 0.2) is 29.3 Å². The molecule has 1 heterocycles. The van der Waals surface area contributed by atoms with Crippen LogP contribution in [0.4, 0.5) is 0 Å². The van der Waals surface area contributed by atoms with Gasteiger partial charge in [0.1, 0.15) is 0 Å². The maximum absolute atomic E-state index is 6.00. The SMILES string of the molecule is NC(=NCC1(c2ccc(Cl)cc2)CCC1)NCC1CCCO1. The molecule has 5 heteroatoms. The van der Waals surface area contributed by atoms with Gasteiger partial charge in [0, 0.05) is 23.6 Å². The zero-order chi connectivity index (χ0) is 15.4. The van der Waals surface area contributed by atoms with E-state index in [9.17, 15) is 0 Å². The van der Waals surface area contributed by atoms with E-state index in [1.165, 1.54) is 12.0 Å². The molecular weight excluding hydrogens is 298 g/mol. The molecule has 1 saturated heterocycles. The van der Waals surface area contributed by atoms with E-state index >= 15 is 0 Å². The minimum absolute atomic E-state index is 0.140. The summed E-state index contributed by atoms with van der Waals surface area (Å²) >= 11 is 5.98. The van der Waals surface area contributed by atoms with Gasteiger partial charge in [-0.3, -0.25) is 4.99 Å². The highest BCUT2D eigenvalue weighted by molar-refractivity contribution is 6.30. The van der Waals surface area contributed by atoms with Gasteiger partial charge in [-0.15, -0.1) is 0 Å². The number of hydrogen-bond acceptors (Lipinski definition) is 2.